The monoisotopic (exact) mass is 379 g/mol. The van der Waals surface area contributed by atoms with Crippen LogP contribution < -0.4 is 5.32 Å². The van der Waals surface area contributed by atoms with Crippen molar-refractivity contribution in [2.24, 2.45) is 0 Å². The van der Waals surface area contributed by atoms with Gasteiger partial charge < -0.3 is 29.8 Å². The SMILES string of the molecule is COCC(=O)NC[C@@]1(O)COCCN(C(=O)c2cc3cc(F)ccc3[nH]2)C1. The van der Waals surface area contributed by atoms with Crippen molar-refractivity contribution in [3.05, 3.63) is 35.8 Å². The molecule has 0 unspecified atom stereocenters. The fraction of sp³-hybridized carbons (Fsp3) is 0.444. The van der Waals surface area contributed by atoms with Gasteiger partial charge in [0.25, 0.3) is 5.91 Å². The Morgan fingerprint density at radius 3 is 3.04 bits per heavy atom. The van der Waals surface area contributed by atoms with Gasteiger partial charge in [-0.15, -0.1) is 0 Å². The Morgan fingerprint density at radius 2 is 2.26 bits per heavy atom. The summed E-state index contributed by atoms with van der Waals surface area (Å²) in [5.74, 6) is -1.09. The molecule has 1 aliphatic heterocycles. The lowest BCUT2D eigenvalue weighted by Crippen LogP contribution is -2.53. The standard InChI is InChI=1S/C18H22FN3O5/c1-26-8-16(23)20-9-18(25)10-22(4-5-27-11-18)17(24)15-7-12-6-13(19)2-3-14(12)21-15/h2-3,6-7,21,25H,4-5,8-11H2,1H3,(H,20,23)/t18-/m0/s1. The van der Waals surface area contributed by atoms with E-state index in [1.54, 1.807) is 12.1 Å². The average Bonchev–Trinajstić information content (AvgIpc) is 2.95. The number of ether oxygens (including phenoxy) is 2. The molecule has 1 aliphatic rings. The summed E-state index contributed by atoms with van der Waals surface area (Å²) < 4.78 is 23.5. The zero-order valence-electron chi connectivity index (χ0n) is 15.0. The quantitative estimate of drug-likeness (QED) is 0.692. The number of amides is 2. The maximum atomic E-state index is 13.4. The third-order valence-corrected chi connectivity index (χ3v) is 4.35. The van der Waals surface area contributed by atoms with Crippen LogP contribution in [-0.2, 0) is 14.3 Å². The molecule has 0 radical (unpaired) electrons. The Labute approximate surface area is 155 Å². The van der Waals surface area contributed by atoms with E-state index in [0.29, 0.717) is 16.6 Å². The minimum atomic E-state index is -1.42. The molecule has 0 spiro atoms. The van der Waals surface area contributed by atoms with Crippen LogP contribution in [0.1, 0.15) is 10.5 Å². The van der Waals surface area contributed by atoms with E-state index >= 15 is 0 Å². The highest BCUT2D eigenvalue weighted by Gasteiger charge is 2.35. The number of aromatic amines is 1. The Hall–Kier alpha value is -2.49. The van der Waals surface area contributed by atoms with Crippen LogP contribution in [0, 0.1) is 5.82 Å². The molecular weight excluding hydrogens is 357 g/mol. The van der Waals surface area contributed by atoms with Gasteiger partial charge in [-0.25, -0.2) is 4.39 Å². The van der Waals surface area contributed by atoms with Crippen molar-refractivity contribution in [3.8, 4) is 0 Å². The number of β-amino-alcohol motifs (C(OH)–C–C–N with tert-alkyl or cyclic N) is 1. The van der Waals surface area contributed by atoms with E-state index in [9.17, 15) is 19.1 Å². The van der Waals surface area contributed by atoms with Crippen LogP contribution in [-0.4, -0.2) is 79.0 Å². The average molecular weight is 379 g/mol. The summed E-state index contributed by atoms with van der Waals surface area (Å²) in [6.07, 6.45) is 0. The molecule has 3 rings (SSSR count). The van der Waals surface area contributed by atoms with E-state index in [1.807, 2.05) is 0 Å². The number of carbonyl (C=O) groups excluding carboxylic acids is 2. The summed E-state index contributed by atoms with van der Waals surface area (Å²) in [6, 6.07) is 5.80. The second-order valence-electron chi connectivity index (χ2n) is 6.63. The van der Waals surface area contributed by atoms with Gasteiger partial charge in [0.05, 0.1) is 26.3 Å². The minimum Gasteiger partial charge on any atom is -0.384 e. The summed E-state index contributed by atoms with van der Waals surface area (Å²) in [5, 5.41) is 13.9. The minimum absolute atomic E-state index is 0.0111. The number of fused-ring (bicyclic) bond motifs is 1. The summed E-state index contributed by atoms with van der Waals surface area (Å²) in [5.41, 5.74) is -0.482. The molecule has 0 bridgehead atoms. The third-order valence-electron chi connectivity index (χ3n) is 4.35. The first kappa shape index (κ1) is 19.3. The van der Waals surface area contributed by atoms with Gasteiger partial charge in [0.15, 0.2) is 0 Å². The highest BCUT2D eigenvalue weighted by atomic mass is 19.1. The molecule has 1 aromatic carbocycles. The Kier molecular flexibility index (Phi) is 5.73. The molecule has 1 atom stereocenters. The predicted octanol–water partition coefficient (Wildman–Crippen LogP) is 0.273. The summed E-state index contributed by atoms with van der Waals surface area (Å²) in [4.78, 5) is 28.9. The summed E-state index contributed by atoms with van der Waals surface area (Å²) in [7, 11) is 1.40. The second kappa shape index (κ2) is 8.03. The van der Waals surface area contributed by atoms with E-state index in [0.717, 1.165) is 0 Å². The lowest BCUT2D eigenvalue weighted by Gasteiger charge is -2.30. The lowest BCUT2D eigenvalue weighted by molar-refractivity contribution is -0.126. The number of hydrogen-bond acceptors (Lipinski definition) is 5. The van der Waals surface area contributed by atoms with Crippen LogP contribution in [0.25, 0.3) is 10.9 Å². The van der Waals surface area contributed by atoms with Gasteiger partial charge in [0.2, 0.25) is 5.91 Å². The number of nitrogens with zero attached hydrogens (tertiary/aromatic N) is 1. The Balaban J connectivity index is 1.73. The molecule has 27 heavy (non-hydrogen) atoms. The highest BCUT2D eigenvalue weighted by molar-refractivity contribution is 5.98. The number of aliphatic hydroxyl groups is 1. The maximum Gasteiger partial charge on any atom is 0.270 e. The van der Waals surface area contributed by atoms with E-state index < -0.39 is 5.60 Å². The van der Waals surface area contributed by atoms with Crippen molar-refractivity contribution in [2.45, 2.75) is 5.60 Å². The molecule has 2 aromatic rings. The first-order valence-electron chi connectivity index (χ1n) is 8.53. The van der Waals surface area contributed by atoms with Crippen molar-refractivity contribution in [3.63, 3.8) is 0 Å². The van der Waals surface area contributed by atoms with E-state index in [1.165, 1.54) is 24.1 Å². The molecule has 2 heterocycles. The number of nitrogens with one attached hydrogen (secondary N) is 2. The predicted molar refractivity (Wildman–Crippen MR) is 94.8 cm³/mol. The summed E-state index contributed by atoms with van der Waals surface area (Å²) >= 11 is 0. The number of H-pyrrole nitrogens is 1. The number of aromatic nitrogens is 1. The van der Waals surface area contributed by atoms with Crippen LogP contribution in [0.3, 0.4) is 0 Å². The topological polar surface area (TPSA) is 104 Å². The van der Waals surface area contributed by atoms with Crippen LogP contribution >= 0.6 is 0 Å². The van der Waals surface area contributed by atoms with Gasteiger partial charge in [-0.1, -0.05) is 0 Å². The Morgan fingerprint density at radius 1 is 1.44 bits per heavy atom. The van der Waals surface area contributed by atoms with Crippen molar-refractivity contribution in [1.29, 1.82) is 0 Å². The van der Waals surface area contributed by atoms with Gasteiger partial charge in [0.1, 0.15) is 23.7 Å². The summed E-state index contributed by atoms with van der Waals surface area (Å²) in [6.45, 7) is 0.332. The first-order valence-corrected chi connectivity index (χ1v) is 8.53. The third kappa shape index (κ3) is 4.62. The largest absolute Gasteiger partial charge is 0.384 e. The van der Waals surface area contributed by atoms with Gasteiger partial charge in [-0.3, -0.25) is 9.59 Å². The number of halogens is 1. The van der Waals surface area contributed by atoms with Crippen LogP contribution in [0.15, 0.2) is 24.3 Å². The van der Waals surface area contributed by atoms with Crippen LogP contribution in [0.2, 0.25) is 0 Å². The molecule has 0 saturated carbocycles. The number of methoxy groups -OCH3 is 1. The first-order chi connectivity index (χ1) is 12.9. The molecule has 2 amide bonds. The maximum absolute atomic E-state index is 13.4. The van der Waals surface area contributed by atoms with Gasteiger partial charge in [-0.2, -0.15) is 0 Å². The highest BCUT2D eigenvalue weighted by Crippen LogP contribution is 2.20. The molecule has 1 saturated heterocycles. The zero-order valence-corrected chi connectivity index (χ0v) is 15.0. The molecule has 146 valence electrons. The number of hydrogen-bond donors (Lipinski definition) is 3. The second-order valence-corrected chi connectivity index (χ2v) is 6.63. The van der Waals surface area contributed by atoms with E-state index in [-0.39, 0.29) is 57.1 Å². The number of rotatable bonds is 5. The fourth-order valence-corrected chi connectivity index (χ4v) is 3.03. The number of benzene rings is 1. The Bertz CT molecular complexity index is 840. The van der Waals surface area contributed by atoms with E-state index in [4.69, 9.17) is 9.47 Å². The molecule has 1 fully saturated rings. The molecule has 0 aliphatic carbocycles. The smallest absolute Gasteiger partial charge is 0.270 e. The van der Waals surface area contributed by atoms with Crippen molar-refractivity contribution in [2.75, 3.05) is 46.6 Å². The van der Waals surface area contributed by atoms with Crippen molar-refractivity contribution >= 4 is 22.7 Å². The van der Waals surface area contributed by atoms with Gasteiger partial charge in [-0.05, 0) is 24.3 Å². The zero-order chi connectivity index (χ0) is 19.4. The van der Waals surface area contributed by atoms with Crippen LogP contribution in [0.5, 0.6) is 0 Å². The number of carbonyl (C=O) groups is 2. The lowest BCUT2D eigenvalue weighted by atomic mass is 10.0. The molecule has 9 heteroatoms. The van der Waals surface area contributed by atoms with E-state index in [2.05, 4.69) is 10.3 Å². The molecule has 3 N–H and O–H groups in total. The molecular formula is C18H22FN3O5. The van der Waals surface area contributed by atoms with Crippen molar-refractivity contribution in [1.82, 2.24) is 15.2 Å². The fourth-order valence-electron chi connectivity index (χ4n) is 3.03. The van der Waals surface area contributed by atoms with Gasteiger partial charge in [0, 0.05) is 24.6 Å². The molecule has 8 nitrogen and oxygen atoms in total. The van der Waals surface area contributed by atoms with Crippen LogP contribution in [0.4, 0.5) is 4.39 Å². The van der Waals surface area contributed by atoms with Crippen molar-refractivity contribution < 1.29 is 28.6 Å². The normalized spacial score (nSPS) is 20.5. The van der Waals surface area contributed by atoms with Gasteiger partial charge >= 0.3 is 0 Å². The molecule has 1 aromatic heterocycles.